The van der Waals surface area contributed by atoms with Gasteiger partial charge in [0, 0.05) is 6.08 Å². The maximum absolute atomic E-state index is 11.0. The van der Waals surface area contributed by atoms with Crippen LogP contribution in [-0.2, 0) is 9.53 Å². The first-order chi connectivity index (χ1) is 8.31. The predicted molar refractivity (Wildman–Crippen MR) is 72.8 cm³/mol. The molecule has 0 radical (unpaired) electrons. The van der Waals surface area contributed by atoms with Crippen molar-refractivity contribution in [3.05, 3.63) is 37.0 Å². The normalized spacial score (nSPS) is 11.1. The van der Waals surface area contributed by atoms with Gasteiger partial charge in [-0.05, 0) is 32.1 Å². The molecule has 0 saturated carbocycles. The highest BCUT2D eigenvalue weighted by Crippen LogP contribution is 2.04. The van der Waals surface area contributed by atoms with Gasteiger partial charge in [-0.25, -0.2) is 4.79 Å². The van der Waals surface area contributed by atoms with Crippen LogP contribution >= 0.6 is 0 Å². The van der Waals surface area contributed by atoms with Crippen LogP contribution in [0.2, 0.25) is 0 Å². The van der Waals surface area contributed by atoms with E-state index >= 15 is 0 Å². The van der Waals surface area contributed by atoms with Gasteiger partial charge in [-0.15, -0.1) is 0 Å². The van der Waals surface area contributed by atoms with Gasteiger partial charge in [0.25, 0.3) is 0 Å². The average Bonchev–Trinajstić information content (AvgIpc) is 2.34. The molecule has 0 aromatic rings. The van der Waals surface area contributed by atoms with Crippen LogP contribution in [0.5, 0.6) is 0 Å². The number of ether oxygens (including phenoxy) is 1. The van der Waals surface area contributed by atoms with Crippen molar-refractivity contribution in [2.24, 2.45) is 0 Å². The molecule has 96 valence electrons. The summed E-state index contributed by atoms with van der Waals surface area (Å²) < 4.78 is 4.81. The van der Waals surface area contributed by atoms with E-state index in [4.69, 9.17) is 4.74 Å². The van der Waals surface area contributed by atoms with Crippen LogP contribution in [0.1, 0.15) is 45.4 Å². The molecule has 0 heterocycles. The van der Waals surface area contributed by atoms with Crippen molar-refractivity contribution in [2.75, 3.05) is 6.61 Å². The maximum Gasteiger partial charge on any atom is 0.330 e. The van der Waals surface area contributed by atoms with E-state index in [2.05, 4.69) is 25.7 Å². The van der Waals surface area contributed by atoms with Gasteiger partial charge in [-0.2, -0.15) is 0 Å². The monoisotopic (exact) mass is 236 g/mol. The van der Waals surface area contributed by atoms with Crippen LogP contribution in [0.25, 0.3) is 0 Å². The lowest BCUT2D eigenvalue weighted by molar-refractivity contribution is -0.136. The quantitative estimate of drug-likeness (QED) is 0.246. The first-order valence-corrected chi connectivity index (χ1v) is 6.40. The van der Waals surface area contributed by atoms with Crippen LogP contribution in [-0.4, -0.2) is 12.6 Å². The minimum atomic E-state index is -0.282. The van der Waals surface area contributed by atoms with Crippen LogP contribution in [0.3, 0.4) is 0 Å². The second-order valence-electron chi connectivity index (χ2n) is 3.84. The summed E-state index contributed by atoms with van der Waals surface area (Å²) >= 11 is 0. The Balaban J connectivity index is 3.32. The number of unbranched alkanes of at least 4 members (excludes halogenated alkanes) is 4. The molecule has 0 aliphatic rings. The Morgan fingerprint density at radius 2 is 1.82 bits per heavy atom. The molecule has 2 heteroatoms. The highest BCUT2D eigenvalue weighted by atomic mass is 16.5. The molecular weight excluding hydrogens is 212 g/mol. The lowest BCUT2D eigenvalue weighted by Crippen LogP contribution is -1.99. The number of carbonyl (C=O) groups is 1. The molecular formula is C15H24O2. The SMILES string of the molecule is C=CCOC(=O)C=CCCCCCC=CCC. The molecule has 2 nitrogen and oxygen atoms in total. The van der Waals surface area contributed by atoms with E-state index in [-0.39, 0.29) is 12.6 Å². The van der Waals surface area contributed by atoms with Crippen molar-refractivity contribution in [1.82, 2.24) is 0 Å². The average molecular weight is 236 g/mol. The third-order valence-corrected chi connectivity index (χ3v) is 2.24. The Bertz CT molecular complexity index is 252. The lowest BCUT2D eigenvalue weighted by Gasteiger charge is -1.96. The highest BCUT2D eigenvalue weighted by Gasteiger charge is 1.92. The van der Waals surface area contributed by atoms with E-state index in [1.54, 1.807) is 6.08 Å². The number of hydrogen-bond acceptors (Lipinski definition) is 2. The number of esters is 1. The van der Waals surface area contributed by atoms with Gasteiger partial charge in [0.2, 0.25) is 0 Å². The Hall–Kier alpha value is -1.31. The summed E-state index contributed by atoms with van der Waals surface area (Å²) in [6.07, 6.45) is 16.2. The van der Waals surface area contributed by atoms with E-state index in [9.17, 15) is 4.79 Å². The van der Waals surface area contributed by atoms with Crippen molar-refractivity contribution in [2.45, 2.75) is 45.4 Å². The predicted octanol–water partition coefficient (Wildman–Crippen LogP) is 4.19. The molecule has 0 fully saturated rings. The fourth-order valence-electron chi connectivity index (χ4n) is 1.35. The lowest BCUT2D eigenvalue weighted by atomic mass is 10.1. The standard InChI is InChI=1S/C15H24O2/c1-3-5-6-7-8-9-10-11-12-13-15(16)17-14-4-2/h4-6,12-13H,2-3,7-11,14H2,1H3. The number of allylic oxidation sites excluding steroid dienone is 3. The summed E-state index contributed by atoms with van der Waals surface area (Å²) in [4.78, 5) is 11.0. The second-order valence-corrected chi connectivity index (χ2v) is 3.84. The van der Waals surface area contributed by atoms with Gasteiger partial charge in [0.05, 0.1) is 0 Å². The zero-order chi connectivity index (χ0) is 12.8. The van der Waals surface area contributed by atoms with E-state index in [0.717, 1.165) is 19.3 Å². The number of hydrogen-bond donors (Lipinski definition) is 0. The Morgan fingerprint density at radius 3 is 2.47 bits per heavy atom. The van der Waals surface area contributed by atoms with Gasteiger partial charge in [-0.1, -0.05) is 44.2 Å². The summed E-state index contributed by atoms with van der Waals surface area (Å²) in [5.41, 5.74) is 0. The van der Waals surface area contributed by atoms with Crippen molar-refractivity contribution < 1.29 is 9.53 Å². The van der Waals surface area contributed by atoms with Crippen molar-refractivity contribution >= 4 is 5.97 Å². The fraction of sp³-hybridized carbons (Fsp3) is 0.533. The first kappa shape index (κ1) is 15.7. The molecule has 0 amide bonds. The molecule has 0 aromatic heterocycles. The third kappa shape index (κ3) is 12.6. The summed E-state index contributed by atoms with van der Waals surface area (Å²) in [6, 6.07) is 0. The van der Waals surface area contributed by atoms with Crippen LogP contribution in [0, 0.1) is 0 Å². The summed E-state index contributed by atoms with van der Waals surface area (Å²) in [7, 11) is 0. The second kappa shape index (κ2) is 12.8. The first-order valence-electron chi connectivity index (χ1n) is 6.40. The van der Waals surface area contributed by atoms with E-state index in [1.165, 1.54) is 25.3 Å². The highest BCUT2D eigenvalue weighted by molar-refractivity contribution is 5.81. The molecule has 17 heavy (non-hydrogen) atoms. The molecule has 0 N–H and O–H groups in total. The van der Waals surface area contributed by atoms with Gasteiger partial charge in [0.15, 0.2) is 0 Å². The van der Waals surface area contributed by atoms with Crippen molar-refractivity contribution in [3.63, 3.8) is 0 Å². The molecule has 0 rings (SSSR count). The van der Waals surface area contributed by atoms with Crippen LogP contribution in [0.4, 0.5) is 0 Å². The smallest absolute Gasteiger partial charge is 0.330 e. The van der Waals surface area contributed by atoms with Crippen molar-refractivity contribution in [3.8, 4) is 0 Å². The molecule has 0 aromatic carbocycles. The third-order valence-electron chi connectivity index (χ3n) is 2.24. The summed E-state index contributed by atoms with van der Waals surface area (Å²) in [5, 5.41) is 0. The molecule has 0 bridgehead atoms. The summed E-state index contributed by atoms with van der Waals surface area (Å²) in [6.45, 7) is 5.91. The molecule has 0 spiro atoms. The van der Waals surface area contributed by atoms with Gasteiger partial charge in [-0.3, -0.25) is 0 Å². The Labute approximate surface area is 105 Å². The van der Waals surface area contributed by atoms with Gasteiger partial charge < -0.3 is 4.74 Å². The minimum absolute atomic E-state index is 0.282. The van der Waals surface area contributed by atoms with E-state index in [1.807, 2.05) is 6.08 Å². The largest absolute Gasteiger partial charge is 0.458 e. The van der Waals surface area contributed by atoms with E-state index < -0.39 is 0 Å². The summed E-state index contributed by atoms with van der Waals surface area (Å²) in [5.74, 6) is -0.282. The minimum Gasteiger partial charge on any atom is -0.458 e. The zero-order valence-electron chi connectivity index (χ0n) is 10.9. The molecule has 0 saturated heterocycles. The van der Waals surface area contributed by atoms with E-state index in [0.29, 0.717) is 0 Å². The number of carbonyl (C=O) groups excluding carboxylic acids is 1. The van der Waals surface area contributed by atoms with Gasteiger partial charge in [0.1, 0.15) is 6.61 Å². The Morgan fingerprint density at radius 1 is 1.12 bits per heavy atom. The number of rotatable bonds is 10. The van der Waals surface area contributed by atoms with Crippen LogP contribution in [0.15, 0.2) is 37.0 Å². The van der Waals surface area contributed by atoms with Crippen LogP contribution < -0.4 is 0 Å². The molecule has 0 atom stereocenters. The topological polar surface area (TPSA) is 26.3 Å². The molecule has 0 aliphatic carbocycles. The fourth-order valence-corrected chi connectivity index (χ4v) is 1.35. The van der Waals surface area contributed by atoms with Crippen molar-refractivity contribution in [1.29, 1.82) is 0 Å². The Kier molecular flexibility index (Phi) is 11.8. The van der Waals surface area contributed by atoms with Gasteiger partial charge >= 0.3 is 5.97 Å². The molecule has 0 aliphatic heterocycles. The zero-order valence-corrected chi connectivity index (χ0v) is 10.9. The maximum atomic E-state index is 11.0. The molecule has 0 unspecified atom stereocenters.